The lowest BCUT2D eigenvalue weighted by molar-refractivity contribution is -0.122. The van der Waals surface area contributed by atoms with Crippen LogP contribution < -0.4 is 14.4 Å². The number of hydrogen-bond acceptors (Lipinski definition) is 4. The minimum atomic E-state index is -3.61. The molecule has 0 aliphatic rings. The number of amides is 1. The predicted molar refractivity (Wildman–Crippen MR) is 103 cm³/mol. The predicted octanol–water partition coefficient (Wildman–Crippen LogP) is 2.47. The molecular weight excluding hydrogens is 352 g/mol. The second-order valence-corrected chi connectivity index (χ2v) is 8.00. The molecule has 0 bridgehead atoms. The molecule has 0 aromatic heterocycles. The van der Waals surface area contributed by atoms with Gasteiger partial charge in [-0.25, -0.2) is 8.42 Å². The van der Waals surface area contributed by atoms with Gasteiger partial charge in [0, 0.05) is 6.54 Å². The molecule has 26 heavy (non-hydrogen) atoms. The number of sulfonamides is 1. The van der Waals surface area contributed by atoms with E-state index < -0.39 is 16.1 Å². The Bertz CT molecular complexity index is 846. The number of ether oxygens (including phenoxy) is 1. The summed E-state index contributed by atoms with van der Waals surface area (Å²) < 4.78 is 30.7. The summed E-state index contributed by atoms with van der Waals surface area (Å²) in [6.45, 7) is 3.79. The van der Waals surface area contributed by atoms with Crippen LogP contribution in [0.3, 0.4) is 0 Å². The first-order chi connectivity index (χ1) is 12.2. The van der Waals surface area contributed by atoms with Crippen LogP contribution in [-0.4, -0.2) is 33.7 Å². The normalized spacial score (nSPS) is 12.3. The third-order valence-electron chi connectivity index (χ3n) is 4.00. The molecule has 2 aromatic carbocycles. The number of aryl methyl sites for hydroxylation is 1. The fourth-order valence-electron chi connectivity index (χ4n) is 2.58. The van der Waals surface area contributed by atoms with Gasteiger partial charge >= 0.3 is 0 Å². The van der Waals surface area contributed by atoms with E-state index in [0.29, 0.717) is 12.2 Å². The monoisotopic (exact) mass is 376 g/mol. The molecule has 7 heteroatoms. The summed E-state index contributed by atoms with van der Waals surface area (Å²) >= 11 is 0. The first kappa shape index (κ1) is 19.8. The molecule has 1 N–H and O–H groups in total. The van der Waals surface area contributed by atoms with Crippen LogP contribution in [0.15, 0.2) is 48.5 Å². The summed E-state index contributed by atoms with van der Waals surface area (Å²) in [6, 6.07) is 13.5. The van der Waals surface area contributed by atoms with Crippen LogP contribution in [0, 0.1) is 6.92 Å². The van der Waals surface area contributed by atoms with E-state index in [-0.39, 0.29) is 5.91 Å². The molecule has 6 nitrogen and oxygen atoms in total. The SMILES string of the molecule is COc1ccc(CNC(=O)[C@@H](C)N(c2ccc(C)cc2)S(C)(=O)=O)cc1. The highest BCUT2D eigenvalue weighted by Crippen LogP contribution is 2.21. The van der Waals surface area contributed by atoms with Crippen molar-refractivity contribution in [3.63, 3.8) is 0 Å². The summed E-state index contributed by atoms with van der Waals surface area (Å²) in [5.74, 6) is 0.364. The Morgan fingerprint density at radius 2 is 1.69 bits per heavy atom. The maximum atomic E-state index is 12.5. The van der Waals surface area contributed by atoms with Crippen molar-refractivity contribution >= 4 is 21.6 Å². The summed E-state index contributed by atoms with van der Waals surface area (Å²) in [4.78, 5) is 12.5. The number of hydrogen-bond donors (Lipinski definition) is 1. The zero-order valence-corrected chi connectivity index (χ0v) is 16.2. The minimum Gasteiger partial charge on any atom is -0.497 e. The number of anilines is 1. The van der Waals surface area contributed by atoms with Crippen molar-refractivity contribution in [1.29, 1.82) is 0 Å². The number of benzene rings is 2. The molecule has 0 spiro atoms. The Morgan fingerprint density at radius 1 is 1.12 bits per heavy atom. The summed E-state index contributed by atoms with van der Waals surface area (Å²) in [6.07, 6.45) is 1.10. The molecule has 2 rings (SSSR count). The maximum Gasteiger partial charge on any atom is 0.243 e. The van der Waals surface area contributed by atoms with Crippen LogP contribution in [0.25, 0.3) is 0 Å². The second kappa shape index (κ2) is 8.23. The highest BCUT2D eigenvalue weighted by atomic mass is 32.2. The zero-order valence-electron chi connectivity index (χ0n) is 15.4. The van der Waals surface area contributed by atoms with E-state index in [4.69, 9.17) is 4.74 Å². The Labute approximate surface area is 154 Å². The highest BCUT2D eigenvalue weighted by Gasteiger charge is 2.28. The molecule has 1 atom stereocenters. The molecule has 0 unspecified atom stereocenters. The van der Waals surface area contributed by atoms with Crippen LogP contribution in [0.1, 0.15) is 18.1 Å². The number of nitrogens with zero attached hydrogens (tertiary/aromatic N) is 1. The average molecular weight is 376 g/mol. The van der Waals surface area contributed by atoms with E-state index in [0.717, 1.165) is 27.4 Å². The van der Waals surface area contributed by atoms with Crippen LogP contribution in [-0.2, 0) is 21.4 Å². The van der Waals surface area contributed by atoms with E-state index in [1.807, 2.05) is 31.2 Å². The lowest BCUT2D eigenvalue weighted by atomic mass is 10.2. The van der Waals surface area contributed by atoms with Gasteiger partial charge in [-0.2, -0.15) is 0 Å². The van der Waals surface area contributed by atoms with Crippen LogP contribution in [0.4, 0.5) is 5.69 Å². The Hall–Kier alpha value is -2.54. The highest BCUT2D eigenvalue weighted by molar-refractivity contribution is 7.92. The van der Waals surface area contributed by atoms with Crippen molar-refractivity contribution in [3.8, 4) is 5.75 Å². The van der Waals surface area contributed by atoms with Gasteiger partial charge < -0.3 is 10.1 Å². The molecule has 1 amide bonds. The molecule has 0 fully saturated rings. The Balaban J connectivity index is 2.12. The summed E-state index contributed by atoms with van der Waals surface area (Å²) in [7, 11) is -2.02. The number of nitrogens with one attached hydrogen (secondary N) is 1. The van der Waals surface area contributed by atoms with Crippen LogP contribution in [0.2, 0.25) is 0 Å². The van der Waals surface area contributed by atoms with Crippen molar-refractivity contribution < 1.29 is 17.9 Å². The Morgan fingerprint density at radius 3 is 2.19 bits per heavy atom. The minimum absolute atomic E-state index is 0.304. The maximum absolute atomic E-state index is 12.5. The van der Waals surface area contributed by atoms with Gasteiger partial charge in [0.05, 0.1) is 19.1 Å². The van der Waals surface area contributed by atoms with E-state index in [2.05, 4.69) is 5.32 Å². The van der Waals surface area contributed by atoms with Gasteiger partial charge in [-0.15, -0.1) is 0 Å². The molecule has 2 aromatic rings. The zero-order chi connectivity index (χ0) is 19.3. The quantitative estimate of drug-likeness (QED) is 0.805. The van der Waals surface area contributed by atoms with Crippen LogP contribution in [0.5, 0.6) is 5.75 Å². The molecular formula is C19H24N2O4S. The topological polar surface area (TPSA) is 75.7 Å². The lowest BCUT2D eigenvalue weighted by Crippen LogP contribution is -2.47. The fourth-order valence-corrected chi connectivity index (χ4v) is 3.76. The molecule has 0 aliphatic heterocycles. The van der Waals surface area contributed by atoms with Crippen molar-refractivity contribution in [3.05, 3.63) is 59.7 Å². The van der Waals surface area contributed by atoms with E-state index in [1.54, 1.807) is 38.3 Å². The van der Waals surface area contributed by atoms with Gasteiger partial charge in [0.25, 0.3) is 0 Å². The number of methoxy groups -OCH3 is 1. The van der Waals surface area contributed by atoms with Gasteiger partial charge in [0.1, 0.15) is 11.8 Å². The first-order valence-corrected chi connectivity index (χ1v) is 10.0. The molecule has 0 heterocycles. The average Bonchev–Trinajstić information content (AvgIpc) is 2.60. The van der Waals surface area contributed by atoms with E-state index in [9.17, 15) is 13.2 Å². The number of rotatable bonds is 7. The smallest absolute Gasteiger partial charge is 0.243 e. The van der Waals surface area contributed by atoms with E-state index in [1.165, 1.54) is 0 Å². The number of carbonyl (C=O) groups is 1. The van der Waals surface area contributed by atoms with Gasteiger partial charge in [0.2, 0.25) is 15.9 Å². The fraction of sp³-hybridized carbons (Fsp3) is 0.316. The lowest BCUT2D eigenvalue weighted by Gasteiger charge is -2.28. The van der Waals surface area contributed by atoms with E-state index >= 15 is 0 Å². The van der Waals surface area contributed by atoms with Gasteiger partial charge in [0.15, 0.2) is 0 Å². The standard InChI is InChI=1S/C19H24N2O4S/c1-14-5-9-17(10-6-14)21(26(4,23)24)15(2)19(22)20-13-16-7-11-18(25-3)12-8-16/h5-12,15H,13H2,1-4H3,(H,20,22)/t15-/m1/s1. The van der Waals surface area contributed by atoms with Crippen molar-refractivity contribution in [2.75, 3.05) is 17.7 Å². The van der Waals surface area contributed by atoms with Gasteiger partial charge in [-0.05, 0) is 43.7 Å². The molecule has 0 radical (unpaired) electrons. The first-order valence-electron chi connectivity index (χ1n) is 8.19. The largest absolute Gasteiger partial charge is 0.497 e. The van der Waals surface area contributed by atoms with Crippen molar-refractivity contribution in [1.82, 2.24) is 5.32 Å². The second-order valence-electron chi connectivity index (χ2n) is 6.14. The summed E-state index contributed by atoms with van der Waals surface area (Å²) in [5.41, 5.74) is 2.37. The van der Waals surface area contributed by atoms with Crippen molar-refractivity contribution in [2.45, 2.75) is 26.4 Å². The molecule has 0 aliphatic carbocycles. The Kier molecular flexibility index (Phi) is 6.26. The van der Waals surface area contributed by atoms with Gasteiger partial charge in [-0.1, -0.05) is 29.8 Å². The third-order valence-corrected chi connectivity index (χ3v) is 5.24. The van der Waals surface area contributed by atoms with Crippen LogP contribution >= 0.6 is 0 Å². The molecule has 0 saturated carbocycles. The molecule has 0 saturated heterocycles. The van der Waals surface area contributed by atoms with Crippen molar-refractivity contribution in [2.24, 2.45) is 0 Å². The number of carbonyl (C=O) groups excluding carboxylic acids is 1. The molecule has 140 valence electrons. The third kappa shape index (κ3) is 4.98. The van der Waals surface area contributed by atoms with Gasteiger partial charge in [-0.3, -0.25) is 9.10 Å². The summed E-state index contributed by atoms with van der Waals surface area (Å²) in [5, 5.41) is 2.78.